The molecule has 3 N–H and O–H groups in total. The lowest BCUT2D eigenvalue weighted by Crippen LogP contribution is -2.15. The molecule has 1 aromatic carbocycles. The lowest BCUT2D eigenvalue weighted by Gasteiger charge is -2.06. The molecule has 19 heavy (non-hydrogen) atoms. The molecule has 0 aliphatic rings. The molecule has 1 amide bonds. The Morgan fingerprint density at radius 3 is 2.47 bits per heavy atom. The van der Waals surface area contributed by atoms with Crippen LogP contribution in [0.2, 0.25) is 10.2 Å². The highest BCUT2D eigenvalue weighted by Gasteiger charge is 2.15. The van der Waals surface area contributed by atoms with Gasteiger partial charge in [-0.15, -0.1) is 0 Å². The molecule has 0 spiro atoms. The summed E-state index contributed by atoms with van der Waals surface area (Å²) >= 11 is 11.4. The summed E-state index contributed by atoms with van der Waals surface area (Å²) in [5.74, 6) is -1.65. The monoisotopic (exact) mass is 298 g/mol. The van der Waals surface area contributed by atoms with Crippen LogP contribution in [0.15, 0.2) is 30.3 Å². The van der Waals surface area contributed by atoms with Crippen molar-refractivity contribution >= 4 is 40.8 Å². The van der Waals surface area contributed by atoms with E-state index < -0.39 is 11.9 Å². The fourth-order valence-electron chi connectivity index (χ4n) is 1.49. The summed E-state index contributed by atoms with van der Waals surface area (Å²) in [6.45, 7) is 0. The average molecular weight is 299 g/mol. The number of aromatic amines is 1. The Hall–Kier alpha value is -1.98. The smallest absolute Gasteiger partial charge is 0.337 e. The van der Waals surface area contributed by atoms with Crippen LogP contribution in [-0.4, -0.2) is 22.0 Å². The molecule has 2 aromatic rings. The summed E-state index contributed by atoms with van der Waals surface area (Å²) in [4.78, 5) is 25.5. The maximum atomic E-state index is 11.9. The Morgan fingerprint density at radius 1 is 1.21 bits per heavy atom. The highest BCUT2D eigenvalue weighted by atomic mass is 35.5. The van der Waals surface area contributed by atoms with Crippen LogP contribution in [0.25, 0.3) is 0 Å². The molecule has 0 atom stereocenters. The Labute approximate surface area is 118 Å². The minimum absolute atomic E-state index is 0.000370. The normalized spacial score (nSPS) is 10.2. The number of nitrogens with one attached hydrogen (secondary N) is 2. The topological polar surface area (TPSA) is 82.2 Å². The average Bonchev–Trinajstić information content (AvgIpc) is 2.70. The highest BCUT2D eigenvalue weighted by Crippen LogP contribution is 2.23. The van der Waals surface area contributed by atoms with Crippen LogP contribution in [0.4, 0.5) is 5.69 Å². The Morgan fingerprint density at radius 2 is 1.89 bits per heavy atom. The SMILES string of the molecule is O=C(Nc1ccccc1C(=O)O)c1cc(Cl)c(Cl)[nH]1. The molecule has 98 valence electrons. The molecule has 5 nitrogen and oxygen atoms in total. The van der Waals surface area contributed by atoms with Crippen molar-refractivity contribution in [2.24, 2.45) is 0 Å². The standard InChI is InChI=1S/C12H8Cl2N2O3/c13-7-5-9(15-10(7)14)11(17)16-8-4-2-1-3-6(8)12(18)19/h1-5,15H,(H,16,17)(H,18,19). The number of hydrogen-bond acceptors (Lipinski definition) is 2. The summed E-state index contributed by atoms with van der Waals surface area (Å²) in [6.07, 6.45) is 0. The molecule has 1 heterocycles. The molecular weight excluding hydrogens is 291 g/mol. The predicted molar refractivity (Wildman–Crippen MR) is 72.2 cm³/mol. The van der Waals surface area contributed by atoms with Gasteiger partial charge in [-0.1, -0.05) is 35.3 Å². The van der Waals surface area contributed by atoms with Crippen molar-refractivity contribution in [2.75, 3.05) is 5.32 Å². The van der Waals surface area contributed by atoms with E-state index in [-0.39, 0.29) is 27.1 Å². The number of aromatic carboxylic acids is 1. The van der Waals surface area contributed by atoms with Gasteiger partial charge in [0.25, 0.3) is 5.91 Å². The second-order valence-electron chi connectivity index (χ2n) is 3.65. The Balaban J connectivity index is 2.26. The van der Waals surface area contributed by atoms with Gasteiger partial charge in [0.05, 0.1) is 16.3 Å². The molecule has 0 fully saturated rings. The van der Waals surface area contributed by atoms with Crippen molar-refractivity contribution in [1.29, 1.82) is 0 Å². The zero-order valence-electron chi connectivity index (χ0n) is 9.41. The first-order valence-corrected chi connectivity index (χ1v) is 5.92. The lowest BCUT2D eigenvalue weighted by atomic mass is 10.2. The van der Waals surface area contributed by atoms with Crippen LogP contribution >= 0.6 is 23.2 Å². The number of carboxylic acids is 1. The van der Waals surface area contributed by atoms with Crippen molar-refractivity contribution in [3.8, 4) is 0 Å². The van der Waals surface area contributed by atoms with E-state index in [2.05, 4.69) is 10.3 Å². The maximum Gasteiger partial charge on any atom is 0.337 e. The number of para-hydroxylation sites is 1. The van der Waals surface area contributed by atoms with Crippen LogP contribution in [0, 0.1) is 0 Å². The number of amides is 1. The molecule has 0 aliphatic carbocycles. The van der Waals surface area contributed by atoms with Crippen LogP contribution < -0.4 is 5.32 Å². The Kier molecular flexibility index (Phi) is 3.78. The number of benzene rings is 1. The van der Waals surface area contributed by atoms with Gasteiger partial charge in [-0.25, -0.2) is 4.79 Å². The first-order valence-electron chi connectivity index (χ1n) is 5.16. The number of hydrogen-bond donors (Lipinski definition) is 3. The number of carbonyl (C=O) groups excluding carboxylic acids is 1. The first-order chi connectivity index (χ1) is 8.99. The van der Waals surface area contributed by atoms with E-state index in [9.17, 15) is 9.59 Å². The zero-order valence-corrected chi connectivity index (χ0v) is 10.9. The van der Waals surface area contributed by atoms with Gasteiger partial charge in [-0.2, -0.15) is 0 Å². The molecule has 0 bridgehead atoms. The molecule has 0 saturated carbocycles. The fraction of sp³-hybridized carbons (Fsp3) is 0. The van der Waals surface area contributed by atoms with Crippen LogP contribution in [0.5, 0.6) is 0 Å². The molecule has 1 aromatic heterocycles. The van der Waals surface area contributed by atoms with Crippen molar-refractivity contribution in [2.45, 2.75) is 0 Å². The van der Waals surface area contributed by atoms with Crippen LogP contribution in [0.3, 0.4) is 0 Å². The van der Waals surface area contributed by atoms with E-state index in [1.54, 1.807) is 12.1 Å². The van der Waals surface area contributed by atoms with Gasteiger partial charge in [-0.3, -0.25) is 4.79 Å². The third-order valence-corrected chi connectivity index (χ3v) is 3.07. The second-order valence-corrected chi connectivity index (χ2v) is 4.43. The summed E-state index contributed by atoms with van der Waals surface area (Å²) in [5, 5.41) is 11.8. The minimum atomic E-state index is -1.13. The van der Waals surface area contributed by atoms with E-state index in [0.29, 0.717) is 0 Å². The van der Waals surface area contributed by atoms with Crippen molar-refractivity contribution in [3.63, 3.8) is 0 Å². The van der Waals surface area contributed by atoms with Crippen molar-refractivity contribution in [1.82, 2.24) is 4.98 Å². The number of anilines is 1. The zero-order chi connectivity index (χ0) is 14.0. The number of rotatable bonds is 3. The maximum absolute atomic E-state index is 11.9. The number of carbonyl (C=O) groups is 2. The predicted octanol–water partition coefficient (Wildman–Crippen LogP) is 3.27. The van der Waals surface area contributed by atoms with Crippen LogP contribution in [0.1, 0.15) is 20.8 Å². The van der Waals surface area contributed by atoms with Gasteiger partial charge >= 0.3 is 5.97 Å². The van der Waals surface area contributed by atoms with Gasteiger partial charge in [0, 0.05) is 0 Å². The van der Waals surface area contributed by atoms with Gasteiger partial charge < -0.3 is 15.4 Å². The molecule has 7 heteroatoms. The summed E-state index contributed by atoms with van der Waals surface area (Å²) < 4.78 is 0. The molecule has 0 radical (unpaired) electrons. The van der Waals surface area contributed by atoms with Gasteiger partial charge in [-0.05, 0) is 18.2 Å². The summed E-state index contributed by atoms with van der Waals surface area (Å²) in [5.41, 5.74) is 0.344. The summed E-state index contributed by atoms with van der Waals surface area (Å²) in [6, 6.07) is 7.45. The van der Waals surface area contributed by atoms with E-state index >= 15 is 0 Å². The Bertz CT molecular complexity index is 633. The second kappa shape index (κ2) is 5.34. The van der Waals surface area contributed by atoms with Gasteiger partial charge in [0.1, 0.15) is 10.8 Å². The minimum Gasteiger partial charge on any atom is -0.478 e. The van der Waals surface area contributed by atoms with Crippen molar-refractivity contribution in [3.05, 3.63) is 51.8 Å². The fourth-order valence-corrected chi connectivity index (χ4v) is 1.81. The van der Waals surface area contributed by atoms with Gasteiger partial charge in [0.15, 0.2) is 0 Å². The molecular formula is C12H8Cl2N2O3. The third-order valence-electron chi connectivity index (χ3n) is 2.38. The molecule has 0 unspecified atom stereocenters. The molecule has 0 saturated heterocycles. The van der Waals surface area contributed by atoms with E-state index in [0.717, 1.165) is 0 Å². The number of halogens is 2. The van der Waals surface area contributed by atoms with E-state index in [4.69, 9.17) is 28.3 Å². The largest absolute Gasteiger partial charge is 0.478 e. The van der Waals surface area contributed by atoms with Gasteiger partial charge in [0.2, 0.25) is 0 Å². The summed E-state index contributed by atoms with van der Waals surface area (Å²) in [7, 11) is 0. The number of aromatic nitrogens is 1. The highest BCUT2D eigenvalue weighted by molar-refractivity contribution is 6.41. The lowest BCUT2D eigenvalue weighted by molar-refractivity contribution is 0.0698. The molecule has 0 aliphatic heterocycles. The number of carboxylic acid groups (broad SMARTS) is 1. The number of H-pyrrole nitrogens is 1. The van der Waals surface area contributed by atoms with Crippen LogP contribution in [-0.2, 0) is 0 Å². The molecule has 2 rings (SSSR count). The quantitative estimate of drug-likeness (QED) is 0.813. The van der Waals surface area contributed by atoms with Crippen molar-refractivity contribution < 1.29 is 14.7 Å². The third kappa shape index (κ3) is 2.89. The van der Waals surface area contributed by atoms with E-state index in [1.165, 1.54) is 18.2 Å². The first kappa shape index (κ1) is 13.5. The van der Waals surface area contributed by atoms with E-state index in [1.807, 2.05) is 0 Å².